The Hall–Kier alpha value is -3.13. The Kier molecular flexibility index (Phi) is 6.51. The van der Waals surface area contributed by atoms with Crippen LogP contribution in [0.15, 0.2) is 53.3 Å². The smallest absolute Gasteiger partial charge is 0.219 e. The molecule has 0 bridgehead atoms. The number of hydrogen-bond donors (Lipinski definition) is 4. The first kappa shape index (κ1) is 19.2. The van der Waals surface area contributed by atoms with Gasteiger partial charge in [-0.05, 0) is 18.2 Å². The van der Waals surface area contributed by atoms with E-state index in [2.05, 4.69) is 22.2 Å². The van der Waals surface area contributed by atoms with Crippen molar-refractivity contribution in [3.05, 3.63) is 48.3 Å². The van der Waals surface area contributed by atoms with Crippen molar-refractivity contribution in [1.82, 2.24) is 10.2 Å². The van der Waals surface area contributed by atoms with Crippen LogP contribution in [0.2, 0.25) is 0 Å². The number of benzene rings is 1. The zero-order chi connectivity index (χ0) is 19.1. The van der Waals surface area contributed by atoms with Crippen LogP contribution in [0.3, 0.4) is 0 Å². The number of aliphatic imine (C=N–C) groups is 1. The molecular formula is C18H25N7O. The molecule has 0 spiro atoms. The summed E-state index contributed by atoms with van der Waals surface area (Å²) < 4.78 is 0. The van der Waals surface area contributed by atoms with E-state index in [-0.39, 0.29) is 11.7 Å². The number of nitrogens with two attached hydrogens (primary N) is 1. The predicted octanol–water partition coefficient (Wildman–Crippen LogP) is 1.65. The maximum absolute atomic E-state index is 11.7. The maximum Gasteiger partial charge on any atom is 0.219 e. The van der Waals surface area contributed by atoms with Gasteiger partial charge in [0.25, 0.3) is 0 Å². The zero-order valence-corrected chi connectivity index (χ0v) is 15.1. The van der Waals surface area contributed by atoms with E-state index in [0.717, 1.165) is 17.0 Å². The number of hydrazine groups is 1. The first-order valence-electron chi connectivity index (χ1n) is 8.25. The Morgan fingerprint density at radius 1 is 1.50 bits per heavy atom. The second kappa shape index (κ2) is 8.82. The normalized spacial score (nSPS) is 14.3. The molecule has 0 aromatic heterocycles. The lowest BCUT2D eigenvalue weighted by atomic mass is 10.0. The van der Waals surface area contributed by atoms with Crippen molar-refractivity contribution in [2.45, 2.75) is 13.3 Å². The van der Waals surface area contributed by atoms with Crippen LogP contribution in [0.1, 0.15) is 13.3 Å². The van der Waals surface area contributed by atoms with Gasteiger partial charge in [-0.3, -0.25) is 15.2 Å². The molecule has 0 saturated carbocycles. The number of hydrogen-bond acceptors (Lipinski definition) is 5. The molecule has 8 heteroatoms. The molecule has 138 valence electrons. The molecule has 1 aliphatic heterocycles. The molecular weight excluding hydrogens is 330 g/mol. The highest BCUT2D eigenvalue weighted by Crippen LogP contribution is 2.21. The second-order valence-electron chi connectivity index (χ2n) is 5.80. The van der Waals surface area contributed by atoms with Crippen LogP contribution in [-0.4, -0.2) is 43.1 Å². The molecule has 5 N–H and O–H groups in total. The Morgan fingerprint density at radius 3 is 2.92 bits per heavy atom. The third-order valence-corrected chi connectivity index (χ3v) is 4.10. The standard InChI is InChI=1S/C18H25N7O/c1-4-22-12-25(20)15-7-5-6-14(10-15)23-18(19)16-11-24(13(2)26)9-8-17(16)21-3/h4-7,10,12,21H,1,8-9,11,20H2,2-3H3,(H2,19,23)/b22-12-. The van der Waals surface area contributed by atoms with Gasteiger partial charge in [-0.2, -0.15) is 0 Å². The molecule has 1 aromatic carbocycles. The molecule has 26 heavy (non-hydrogen) atoms. The Morgan fingerprint density at radius 2 is 2.27 bits per heavy atom. The number of anilines is 2. The number of amidine groups is 1. The van der Waals surface area contributed by atoms with Crippen molar-refractivity contribution < 1.29 is 4.79 Å². The molecule has 0 aliphatic carbocycles. The van der Waals surface area contributed by atoms with E-state index in [1.54, 1.807) is 11.8 Å². The van der Waals surface area contributed by atoms with Gasteiger partial charge in [0, 0.05) is 50.1 Å². The summed E-state index contributed by atoms with van der Waals surface area (Å²) in [6, 6.07) is 7.33. The largest absolute Gasteiger partial charge is 0.391 e. The van der Waals surface area contributed by atoms with Gasteiger partial charge in [-0.15, -0.1) is 0 Å². The van der Waals surface area contributed by atoms with Crippen LogP contribution in [0.4, 0.5) is 11.4 Å². The Labute approximate surface area is 153 Å². The maximum atomic E-state index is 11.7. The van der Waals surface area contributed by atoms with Crippen LogP contribution in [0.5, 0.6) is 0 Å². The molecule has 0 fully saturated rings. The van der Waals surface area contributed by atoms with Crippen LogP contribution in [0, 0.1) is 5.41 Å². The van der Waals surface area contributed by atoms with E-state index in [9.17, 15) is 4.79 Å². The summed E-state index contributed by atoms with van der Waals surface area (Å²) in [4.78, 5) is 17.3. The average molecular weight is 355 g/mol. The number of carbonyl (C=O) groups excluding carboxylic acids is 1. The summed E-state index contributed by atoms with van der Waals surface area (Å²) in [5.41, 5.74) is 3.18. The Balaban J connectivity index is 2.18. The van der Waals surface area contributed by atoms with Crippen molar-refractivity contribution in [2.75, 3.05) is 30.5 Å². The summed E-state index contributed by atoms with van der Waals surface area (Å²) in [6.45, 7) is 6.12. The van der Waals surface area contributed by atoms with Crippen molar-refractivity contribution in [1.29, 1.82) is 5.41 Å². The quantitative estimate of drug-likeness (QED) is 0.268. The number of amides is 1. The molecule has 8 nitrogen and oxygen atoms in total. The lowest BCUT2D eigenvalue weighted by Gasteiger charge is -2.30. The van der Waals surface area contributed by atoms with Crippen LogP contribution < -0.4 is 21.5 Å². The summed E-state index contributed by atoms with van der Waals surface area (Å²) in [6.07, 6.45) is 3.54. The van der Waals surface area contributed by atoms with Crippen LogP contribution in [-0.2, 0) is 4.79 Å². The fraction of sp³-hybridized carbons (Fsp3) is 0.278. The lowest BCUT2D eigenvalue weighted by Crippen LogP contribution is -2.40. The molecule has 0 atom stereocenters. The van der Waals surface area contributed by atoms with Crippen molar-refractivity contribution >= 4 is 29.5 Å². The van der Waals surface area contributed by atoms with Gasteiger partial charge in [0.15, 0.2) is 0 Å². The topological polar surface area (TPSA) is 110 Å². The highest BCUT2D eigenvalue weighted by atomic mass is 16.2. The number of carbonyl (C=O) groups is 1. The molecule has 0 unspecified atom stereocenters. The summed E-state index contributed by atoms with van der Waals surface area (Å²) in [7, 11) is 1.83. The van der Waals surface area contributed by atoms with Crippen molar-refractivity contribution in [2.24, 2.45) is 10.8 Å². The van der Waals surface area contributed by atoms with E-state index in [1.807, 2.05) is 31.3 Å². The van der Waals surface area contributed by atoms with Gasteiger partial charge >= 0.3 is 0 Å². The van der Waals surface area contributed by atoms with Gasteiger partial charge < -0.3 is 15.5 Å². The fourth-order valence-electron chi connectivity index (χ4n) is 2.69. The van der Waals surface area contributed by atoms with E-state index in [4.69, 9.17) is 11.3 Å². The summed E-state index contributed by atoms with van der Waals surface area (Å²) in [5, 5.41) is 16.0. The molecule has 1 amide bonds. The van der Waals surface area contributed by atoms with E-state index in [0.29, 0.717) is 25.2 Å². The number of rotatable bonds is 6. The van der Waals surface area contributed by atoms with Gasteiger partial charge in [0.1, 0.15) is 12.2 Å². The Bertz CT molecular complexity index is 754. The minimum Gasteiger partial charge on any atom is -0.391 e. The minimum absolute atomic E-state index is 0.00716. The molecule has 1 aromatic rings. The molecule has 0 radical (unpaired) electrons. The van der Waals surface area contributed by atoms with E-state index >= 15 is 0 Å². The fourth-order valence-corrected chi connectivity index (χ4v) is 2.69. The minimum atomic E-state index is 0.00716. The van der Waals surface area contributed by atoms with Gasteiger partial charge in [-0.25, -0.2) is 10.8 Å². The SMILES string of the molecule is C=C/N=C\N(N)c1cccc(NC(=N)C2=C(NC)CCN(C(C)=O)C2)c1. The second-order valence-corrected chi connectivity index (χ2v) is 5.80. The lowest BCUT2D eigenvalue weighted by molar-refractivity contribution is -0.128. The number of nitrogens with one attached hydrogen (secondary N) is 3. The van der Waals surface area contributed by atoms with Crippen LogP contribution >= 0.6 is 0 Å². The van der Waals surface area contributed by atoms with E-state index in [1.165, 1.54) is 17.5 Å². The van der Waals surface area contributed by atoms with Crippen LogP contribution in [0.25, 0.3) is 0 Å². The predicted molar refractivity (Wildman–Crippen MR) is 106 cm³/mol. The highest BCUT2D eigenvalue weighted by molar-refractivity contribution is 6.07. The average Bonchev–Trinajstić information content (AvgIpc) is 2.65. The molecule has 2 rings (SSSR count). The first-order chi connectivity index (χ1) is 12.5. The third kappa shape index (κ3) is 4.70. The zero-order valence-electron chi connectivity index (χ0n) is 15.1. The molecule has 0 saturated heterocycles. The van der Waals surface area contributed by atoms with Gasteiger partial charge in [-0.1, -0.05) is 12.6 Å². The van der Waals surface area contributed by atoms with Gasteiger partial charge in [0.2, 0.25) is 5.91 Å². The van der Waals surface area contributed by atoms with Gasteiger partial charge in [0.05, 0.1) is 12.2 Å². The van der Waals surface area contributed by atoms with E-state index < -0.39 is 0 Å². The summed E-state index contributed by atoms with van der Waals surface area (Å²) in [5.74, 6) is 6.17. The third-order valence-electron chi connectivity index (χ3n) is 4.10. The molecule has 1 aliphatic rings. The van der Waals surface area contributed by atoms with Crippen molar-refractivity contribution in [3.8, 4) is 0 Å². The highest BCUT2D eigenvalue weighted by Gasteiger charge is 2.23. The number of nitrogens with zero attached hydrogens (tertiary/aromatic N) is 3. The first-order valence-corrected chi connectivity index (χ1v) is 8.25. The van der Waals surface area contributed by atoms with Crippen molar-refractivity contribution in [3.63, 3.8) is 0 Å². The molecule has 1 heterocycles. The summed E-state index contributed by atoms with van der Waals surface area (Å²) >= 11 is 0. The monoisotopic (exact) mass is 355 g/mol.